The third-order valence-corrected chi connectivity index (χ3v) is 7.73. The quantitative estimate of drug-likeness (QED) is 0.447. The number of amides is 1. The summed E-state index contributed by atoms with van der Waals surface area (Å²) in [5.41, 5.74) is 8.57. The highest BCUT2D eigenvalue weighted by molar-refractivity contribution is 6.08. The fraction of sp³-hybridized carbons (Fsp3) is 0.593. The molecular weight excluding hydrogens is 426 g/mol. The van der Waals surface area contributed by atoms with Gasteiger partial charge in [0.15, 0.2) is 0 Å². The van der Waals surface area contributed by atoms with Crippen LogP contribution in [0.2, 0.25) is 0 Å². The van der Waals surface area contributed by atoms with Gasteiger partial charge in [-0.15, -0.1) is 0 Å². The molecule has 7 heteroatoms. The van der Waals surface area contributed by atoms with E-state index in [-0.39, 0.29) is 30.4 Å². The number of nitrogens with one attached hydrogen (secondary N) is 1. The van der Waals surface area contributed by atoms with Crippen molar-refractivity contribution in [3.05, 3.63) is 35.4 Å². The van der Waals surface area contributed by atoms with E-state index in [1.165, 1.54) is 32.1 Å². The van der Waals surface area contributed by atoms with Crippen molar-refractivity contribution in [3.8, 4) is 0 Å². The van der Waals surface area contributed by atoms with Crippen LogP contribution in [-0.2, 0) is 0 Å². The van der Waals surface area contributed by atoms with Gasteiger partial charge < -0.3 is 21.1 Å². The molecule has 2 aliphatic carbocycles. The van der Waals surface area contributed by atoms with Crippen LogP contribution in [0.1, 0.15) is 67.3 Å². The molecule has 2 atom stereocenters. The number of aromatic nitrogens is 1. The van der Waals surface area contributed by atoms with Crippen LogP contribution in [-0.4, -0.2) is 53.6 Å². The number of aryl methyl sites for hydroxylation is 1. The number of aliphatic hydroxyl groups is 1. The van der Waals surface area contributed by atoms with E-state index in [9.17, 15) is 9.90 Å². The van der Waals surface area contributed by atoms with Crippen molar-refractivity contribution in [1.29, 1.82) is 0 Å². The normalized spacial score (nSPS) is 24.5. The average molecular weight is 464 g/mol. The van der Waals surface area contributed by atoms with Gasteiger partial charge in [0.05, 0.1) is 11.1 Å². The number of hydrogen-bond acceptors (Lipinski definition) is 5. The molecule has 4 N–H and O–H groups in total. The molecule has 182 valence electrons. The molecule has 5 rings (SSSR count). The standard InChI is InChI=1S/C27H37N5O2/c1-17-7-10-23-19(13-17)14-22(27(34)31-25(28)18-8-9-18)26(30-23)32-12-11-24(20(15-32)16-33)29-21-5-3-2-4-6-21/h7,10,13-14,18,20-21,24,29,33H,2-6,8-9,11-12,15-16H2,1H3,(H2,28,31,34). The molecule has 1 saturated heterocycles. The number of carbonyl (C=O) groups is 1. The highest BCUT2D eigenvalue weighted by atomic mass is 16.3. The minimum Gasteiger partial charge on any atom is -0.396 e. The van der Waals surface area contributed by atoms with E-state index in [1.54, 1.807) is 0 Å². The summed E-state index contributed by atoms with van der Waals surface area (Å²) in [5.74, 6) is 1.10. The van der Waals surface area contributed by atoms with E-state index in [1.807, 2.05) is 31.2 Å². The first kappa shape index (κ1) is 23.2. The Morgan fingerprint density at radius 3 is 2.71 bits per heavy atom. The average Bonchev–Trinajstić information content (AvgIpc) is 3.70. The van der Waals surface area contributed by atoms with Gasteiger partial charge in [-0.1, -0.05) is 30.9 Å². The van der Waals surface area contributed by atoms with Crippen LogP contribution in [0.15, 0.2) is 29.3 Å². The Morgan fingerprint density at radius 1 is 1.18 bits per heavy atom. The number of hydrogen-bond donors (Lipinski definition) is 3. The summed E-state index contributed by atoms with van der Waals surface area (Å²) in [6.45, 7) is 3.60. The Morgan fingerprint density at radius 2 is 1.97 bits per heavy atom. The largest absolute Gasteiger partial charge is 0.396 e. The number of rotatable bonds is 6. The van der Waals surface area contributed by atoms with E-state index < -0.39 is 0 Å². The Labute approximate surface area is 201 Å². The summed E-state index contributed by atoms with van der Waals surface area (Å²) in [6, 6.07) is 8.85. The van der Waals surface area contributed by atoms with Crippen LogP contribution >= 0.6 is 0 Å². The zero-order valence-electron chi connectivity index (χ0n) is 20.2. The van der Waals surface area contributed by atoms with E-state index in [4.69, 9.17) is 10.7 Å². The van der Waals surface area contributed by atoms with Crippen molar-refractivity contribution in [1.82, 2.24) is 10.3 Å². The van der Waals surface area contributed by atoms with Crippen molar-refractivity contribution < 1.29 is 9.90 Å². The molecule has 2 saturated carbocycles. The highest BCUT2D eigenvalue weighted by Crippen LogP contribution is 2.32. The second-order valence-electron chi connectivity index (χ2n) is 10.5. The number of benzene rings is 1. The first-order valence-electron chi connectivity index (χ1n) is 12.9. The maximum absolute atomic E-state index is 13.3. The minimum atomic E-state index is -0.321. The highest BCUT2D eigenvalue weighted by Gasteiger charge is 2.33. The molecule has 3 aliphatic rings. The second-order valence-corrected chi connectivity index (χ2v) is 10.5. The van der Waals surface area contributed by atoms with E-state index in [0.717, 1.165) is 42.3 Å². The number of pyridine rings is 1. The van der Waals surface area contributed by atoms with E-state index in [0.29, 0.717) is 29.8 Å². The molecule has 2 aromatic rings. The molecule has 3 fully saturated rings. The lowest BCUT2D eigenvalue weighted by molar-refractivity contribution is 0.100. The zero-order chi connectivity index (χ0) is 23.7. The van der Waals surface area contributed by atoms with Crippen molar-refractivity contribution in [2.75, 3.05) is 24.6 Å². The van der Waals surface area contributed by atoms with Gasteiger partial charge in [0.1, 0.15) is 11.7 Å². The number of aliphatic imine (C=N–C) groups is 1. The lowest BCUT2D eigenvalue weighted by Gasteiger charge is -2.41. The summed E-state index contributed by atoms with van der Waals surface area (Å²) in [5, 5.41) is 15.0. The van der Waals surface area contributed by atoms with Crippen molar-refractivity contribution >= 4 is 28.5 Å². The van der Waals surface area contributed by atoms with Gasteiger partial charge in [-0.25, -0.2) is 4.98 Å². The second kappa shape index (κ2) is 10.0. The fourth-order valence-corrected chi connectivity index (χ4v) is 5.53. The van der Waals surface area contributed by atoms with Crippen LogP contribution in [0.3, 0.4) is 0 Å². The van der Waals surface area contributed by atoms with Crippen LogP contribution in [0.25, 0.3) is 10.9 Å². The van der Waals surface area contributed by atoms with Gasteiger partial charge in [-0.3, -0.25) is 4.79 Å². The molecule has 0 radical (unpaired) electrons. The molecular formula is C27H37N5O2. The summed E-state index contributed by atoms with van der Waals surface area (Å²) in [6.07, 6.45) is 9.28. The predicted octanol–water partition coefficient (Wildman–Crippen LogP) is 3.56. The topological polar surface area (TPSA) is 104 Å². The molecule has 7 nitrogen and oxygen atoms in total. The summed E-state index contributed by atoms with van der Waals surface area (Å²) in [7, 11) is 0. The third kappa shape index (κ3) is 5.10. The molecule has 0 bridgehead atoms. The Bertz CT molecular complexity index is 1070. The van der Waals surface area contributed by atoms with Crippen LogP contribution in [0.5, 0.6) is 0 Å². The van der Waals surface area contributed by atoms with Gasteiger partial charge in [0.2, 0.25) is 0 Å². The van der Waals surface area contributed by atoms with Crippen LogP contribution < -0.4 is 16.0 Å². The van der Waals surface area contributed by atoms with Crippen LogP contribution in [0, 0.1) is 18.8 Å². The molecule has 1 aliphatic heterocycles. The first-order valence-corrected chi connectivity index (χ1v) is 12.9. The van der Waals surface area contributed by atoms with Gasteiger partial charge in [0, 0.05) is 49.0 Å². The number of piperidine rings is 1. The Hall–Kier alpha value is -2.51. The van der Waals surface area contributed by atoms with Gasteiger partial charge >= 0.3 is 0 Å². The summed E-state index contributed by atoms with van der Waals surface area (Å²) in [4.78, 5) is 24.6. The minimum absolute atomic E-state index is 0.0918. The number of nitrogens with zero attached hydrogens (tertiary/aromatic N) is 3. The molecule has 1 aromatic carbocycles. The predicted molar refractivity (Wildman–Crippen MR) is 136 cm³/mol. The molecule has 2 heterocycles. The maximum atomic E-state index is 13.3. The SMILES string of the molecule is Cc1ccc2nc(N3CCC(NC4CCCCC4)C(CO)C3)c(C(=O)N=C(N)C3CC3)cc2c1. The maximum Gasteiger partial charge on any atom is 0.282 e. The Kier molecular flexibility index (Phi) is 6.84. The van der Waals surface area contributed by atoms with Crippen molar-refractivity contribution in [2.45, 2.75) is 70.4 Å². The molecule has 1 aromatic heterocycles. The molecule has 2 unspecified atom stereocenters. The van der Waals surface area contributed by atoms with E-state index >= 15 is 0 Å². The lowest BCUT2D eigenvalue weighted by atomic mass is 9.89. The molecule has 1 amide bonds. The van der Waals surface area contributed by atoms with Crippen molar-refractivity contribution in [3.63, 3.8) is 0 Å². The number of nitrogens with two attached hydrogens (primary N) is 1. The summed E-state index contributed by atoms with van der Waals surface area (Å²) >= 11 is 0. The Balaban J connectivity index is 1.42. The smallest absolute Gasteiger partial charge is 0.282 e. The van der Waals surface area contributed by atoms with Gasteiger partial charge in [-0.05, 0) is 57.2 Å². The number of carbonyl (C=O) groups excluding carboxylic acids is 1. The van der Waals surface area contributed by atoms with Crippen LogP contribution in [0.4, 0.5) is 5.82 Å². The third-order valence-electron chi connectivity index (χ3n) is 7.73. The summed E-state index contributed by atoms with van der Waals surface area (Å²) < 4.78 is 0. The molecule has 34 heavy (non-hydrogen) atoms. The first-order chi connectivity index (χ1) is 16.5. The zero-order valence-corrected chi connectivity index (χ0v) is 20.2. The fourth-order valence-electron chi connectivity index (χ4n) is 5.53. The van der Waals surface area contributed by atoms with E-state index in [2.05, 4.69) is 15.2 Å². The number of amidine groups is 1. The van der Waals surface area contributed by atoms with Crippen molar-refractivity contribution in [2.24, 2.45) is 22.6 Å². The lowest BCUT2D eigenvalue weighted by Crippen LogP contribution is -2.54. The number of anilines is 1. The van der Waals surface area contributed by atoms with Gasteiger partial charge in [0.25, 0.3) is 5.91 Å². The van der Waals surface area contributed by atoms with Gasteiger partial charge in [-0.2, -0.15) is 4.99 Å². The monoisotopic (exact) mass is 463 g/mol. The number of aliphatic hydroxyl groups excluding tert-OH is 1. The number of fused-ring (bicyclic) bond motifs is 1. The molecule has 0 spiro atoms.